The number of ether oxygens (including phenoxy) is 2. The van der Waals surface area contributed by atoms with Gasteiger partial charge in [-0.2, -0.15) is 5.26 Å². The zero-order chi connectivity index (χ0) is 21.3. The summed E-state index contributed by atoms with van der Waals surface area (Å²) in [7, 11) is 1.64. The molecule has 1 N–H and O–H groups in total. The van der Waals surface area contributed by atoms with E-state index in [4.69, 9.17) is 9.47 Å². The number of aromatic nitrogens is 2. The molecule has 3 aromatic rings. The Morgan fingerprint density at radius 1 is 1.37 bits per heavy atom. The van der Waals surface area contributed by atoms with Crippen molar-refractivity contribution in [2.24, 2.45) is 0 Å². The van der Waals surface area contributed by atoms with Crippen LogP contribution < -0.4 is 10.1 Å². The van der Waals surface area contributed by atoms with E-state index in [2.05, 4.69) is 20.9 Å². The van der Waals surface area contributed by atoms with Gasteiger partial charge >= 0.3 is 6.09 Å². The second kappa shape index (κ2) is 8.07. The number of nitriles is 1. The number of carbonyl (C=O) groups is 1. The molecule has 0 fully saturated rings. The third-order valence-electron chi connectivity index (χ3n) is 5.35. The summed E-state index contributed by atoms with van der Waals surface area (Å²) in [6.45, 7) is 4.20. The second-order valence-corrected chi connectivity index (χ2v) is 7.71. The lowest BCUT2D eigenvalue weighted by Crippen LogP contribution is -2.37. The smallest absolute Gasteiger partial charge is 0.407 e. The fraction of sp³-hybridized carbons (Fsp3) is 0.348. The first-order chi connectivity index (χ1) is 14.5. The highest BCUT2D eigenvalue weighted by molar-refractivity contribution is 5.88. The lowest BCUT2D eigenvalue weighted by atomic mass is 10.1. The van der Waals surface area contributed by atoms with Gasteiger partial charge in [-0.05, 0) is 56.2 Å². The number of pyridine rings is 1. The molecule has 1 amide bonds. The third kappa shape index (κ3) is 3.69. The largest absolute Gasteiger partial charge is 0.495 e. The quantitative estimate of drug-likeness (QED) is 0.702. The molecule has 2 aromatic heterocycles. The summed E-state index contributed by atoms with van der Waals surface area (Å²) in [5.41, 5.74) is 4.80. The number of rotatable bonds is 5. The minimum absolute atomic E-state index is 0.0479. The molecule has 154 valence electrons. The van der Waals surface area contributed by atoms with Crippen molar-refractivity contribution in [3.05, 3.63) is 59.0 Å². The van der Waals surface area contributed by atoms with E-state index >= 15 is 0 Å². The van der Waals surface area contributed by atoms with Crippen LogP contribution in [0.2, 0.25) is 0 Å². The van der Waals surface area contributed by atoms with Crippen molar-refractivity contribution in [1.82, 2.24) is 14.9 Å². The minimum Gasteiger partial charge on any atom is -0.495 e. The van der Waals surface area contributed by atoms with Gasteiger partial charge in [0.15, 0.2) is 0 Å². The molecule has 7 heteroatoms. The lowest BCUT2D eigenvalue weighted by molar-refractivity contribution is 0.112. The van der Waals surface area contributed by atoms with Gasteiger partial charge in [0.05, 0.1) is 31.4 Å². The number of hydrogen-bond acceptors (Lipinski definition) is 5. The molecule has 7 nitrogen and oxygen atoms in total. The molecule has 0 aliphatic heterocycles. The summed E-state index contributed by atoms with van der Waals surface area (Å²) >= 11 is 0. The predicted molar refractivity (Wildman–Crippen MR) is 112 cm³/mol. The first-order valence-electron chi connectivity index (χ1n) is 9.99. The molecule has 1 aromatic carbocycles. The third-order valence-corrected chi connectivity index (χ3v) is 5.35. The lowest BCUT2D eigenvalue weighted by Gasteiger charge is -2.16. The summed E-state index contributed by atoms with van der Waals surface area (Å²) in [5, 5.41) is 13.4. The topological polar surface area (TPSA) is 89.2 Å². The molecular weight excluding hydrogens is 380 g/mol. The van der Waals surface area contributed by atoms with Crippen molar-refractivity contribution >= 4 is 17.0 Å². The van der Waals surface area contributed by atoms with Gasteiger partial charge in [-0.15, -0.1) is 0 Å². The van der Waals surface area contributed by atoms with Gasteiger partial charge in [0.2, 0.25) is 0 Å². The van der Waals surface area contributed by atoms with Gasteiger partial charge in [-0.3, -0.25) is 4.98 Å². The highest BCUT2D eigenvalue weighted by Gasteiger charge is 2.30. The Bertz CT molecular complexity index is 1140. The summed E-state index contributed by atoms with van der Waals surface area (Å²) in [5.74, 6) is 0.731. The molecule has 1 aliphatic rings. The number of benzene rings is 1. The maximum absolute atomic E-state index is 12.1. The van der Waals surface area contributed by atoms with Crippen LogP contribution in [-0.4, -0.2) is 34.9 Å². The van der Waals surface area contributed by atoms with Crippen molar-refractivity contribution in [3.8, 4) is 11.8 Å². The van der Waals surface area contributed by atoms with Gasteiger partial charge in [0, 0.05) is 35.3 Å². The molecule has 0 saturated carbocycles. The van der Waals surface area contributed by atoms with Crippen molar-refractivity contribution in [2.45, 2.75) is 45.4 Å². The number of amides is 1. The maximum Gasteiger partial charge on any atom is 0.407 e. The van der Waals surface area contributed by atoms with Crippen LogP contribution in [0.25, 0.3) is 10.9 Å². The molecule has 0 saturated heterocycles. The molecule has 0 spiro atoms. The van der Waals surface area contributed by atoms with Crippen LogP contribution in [0, 0.1) is 11.3 Å². The van der Waals surface area contributed by atoms with Crippen molar-refractivity contribution in [1.29, 1.82) is 5.26 Å². The first-order valence-corrected chi connectivity index (χ1v) is 9.99. The number of nitrogens with zero attached hydrogens (tertiary/aromatic N) is 3. The Balaban J connectivity index is 1.72. The number of methoxy groups -OCH3 is 1. The highest BCUT2D eigenvalue weighted by atomic mass is 16.6. The molecular formula is C23H24N4O3. The van der Waals surface area contributed by atoms with Crippen molar-refractivity contribution in [3.63, 3.8) is 0 Å². The number of fused-ring (bicyclic) bond motifs is 3. The first kappa shape index (κ1) is 19.8. The molecule has 1 atom stereocenters. The van der Waals surface area contributed by atoms with E-state index in [1.54, 1.807) is 13.3 Å². The number of carbonyl (C=O) groups excluding carboxylic acids is 1. The van der Waals surface area contributed by atoms with Gasteiger partial charge in [-0.25, -0.2) is 4.79 Å². The van der Waals surface area contributed by atoms with Crippen LogP contribution in [0.3, 0.4) is 0 Å². The van der Waals surface area contributed by atoms with Crippen LogP contribution >= 0.6 is 0 Å². The second-order valence-electron chi connectivity index (χ2n) is 7.71. The monoisotopic (exact) mass is 404 g/mol. The van der Waals surface area contributed by atoms with Crippen molar-refractivity contribution < 1.29 is 14.3 Å². The van der Waals surface area contributed by atoms with Crippen LogP contribution in [0.15, 0.2) is 36.5 Å². The minimum atomic E-state index is -0.403. The molecule has 0 bridgehead atoms. The van der Waals surface area contributed by atoms with Gasteiger partial charge in [0.1, 0.15) is 11.4 Å². The zero-order valence-electron chi connectivity index (χ0n) is 17.3. The van der Waals surface area contributed by atoms with E-state index in [1.807, 2.05) is 44.2 Å². The number of alkyl carbamates (subject to hydrolysis) is 1. The Kier molecular flexibility index (Phi) is 5.32. The fourth-order valence-electron chi connectivity index (χ4n) is 4.13. The average Bonchev–Trinajstić information content (AvgIpc) is 3.25. The van der Waals surface area contributed by atoms with Crippen LogP contribution in [0.1, 0.15) is 36.4 Å². The van der Waals surface area contributed by atoms with Crippen LogP contribution in [-0.2, 0) is 24.1 Å². The summed E-state index contributed by atoms with van der Waals surface area (Å²) < 4.78 is 12.9. The Labute approximate surface area is 175 Å². The molecule has 4 rings (SSSR count). The van der Waals surface area contributed by atoms with E-state index in [1.165, 1.54) is 0 Å². The summed E-state index contributed by atoms with van der Waals surface area (Å²) in [6, 6.07) is 11.7. The van der Waals surface area contributed by atoms with E-state index < -0.39 is 6.09 Å². The number of nitrogens with one attached hydrogen (secondary N) is 1. The Morgan fingerprint density at radius 3 is 2.93 bits per heavy atom. The molecule has 2 heterocycles. The standard InChI is InChI=1S/C23H24N4O3/c1-14(2)30-23(28)26-16-10-18-17-9-15(12-24)6-7-20(17)27(21(18)11-16)13-19-22(29-3)5-4-8-25-19/h4-9,14,16H,10-11,13H2,1-3H3,(H,26,28)/t16-/m0/s1. The van der Waals surface area contributed by atoms with E-state index in [0.717, 1.165) is 33.6 Å². The van der Waals surface area contributed by atoms with Crippen molar-refractivity contribution in [2.75, 3.05) is 7.11 Å². The van der Waals surface area contributed by atoms with E-state index in [0.29, 0.717) is 24.9 Å². The summed E-state index contributed by atoms with van der Waals surface area (Å²) in [4.78, 5) is 16.6. The molecule has 1 aliphatic carbocycles. The SMILES string of the molecule is COc1cccnc1Cn1c2c(c3cc(C#N)ccc31)C[C@H](NC(=O)OC(C)C)C2. The Hall–Kier alpha value is -3.53. The zero-order valence-corrected chi connectivity index (χ0v) is 17.3. The molecule has 0 radical (unpaired) electrons. The Morgan fingerprint density at radius 2 is 2.20 bits per heavy atom. The van der Waals surface area contributed by atoms with Crippen LogP contribution in [0.4, 0.5) is 4.79 Å². The van der Waals surface area contributed by atoms with E-state index in [-0.39, 0.29) is 12.1 Å². The number of hydrogen-bond donors (Lipinski definition) is 1. The molecule has 0 unspecified atom stereocenters. The molecule has 30 heavy (non-hydrogen) atoms. The van der Waals surface area contributed by atoms with Gasteiger partial charge in [0.25, 0.3) is 0 Å². The van der Waals surface area contributed by atoms with E-state index in [9.17, 15) is 10.1 Å². The fourth-order valence-corrected chi connectivity index (χ4v) is 4.13. The van der Waals surface area contributed by atoms with Gasteiger partial charge < -0.3 is 19.4 Å². The highest BCUT2D eigenvalue weighted by Crippen LogP contribution is 2.35. The normalized spacial score (nSPS) is 15.1. The summed E-state index contributed by atoms with van der Waals surface area (Å²) in [6.07, 6.45) is 2.57. The predicted octanol–water partition coefficient (Wildman–Crippen LogP) is 3.57. The van der Waals surface area contributed by atoms with Gasteiger partial charge in [-0.1, -0.05) is 0 Å². The maximum atomic E-state index is 12.1. The van der Waals surface area contributed by atoms with Crippen LogP contribution in [0.5, 0.6) is 5.75 Å². The average molecular weight is 404 g/mol.